The number of alkyl halides is 3. The molecule has 0 spiro atoms. The summed E-state index contributed by atoms with van der Waals surface area (Å²) < 4.78 is 42.8. The third-order valence-electron chi connectivity index (χ3n) is 2.41. The van der Waals surface area contributed by atoms with Crippen LogP contribution in [0.4, 0.5) is 13.2 Å². The molecule has 1 aromatic rings. The van der Waals surface area contributed by atoms with E-state index < -0.39 is 23.6 Å². The van der Waals surface area contributed by atoms with Gasteiger partial charge in [-0.05, 0) is 19.2 Å². The Hall–Kier alpha value is -1.47. The molecule has 0 saturated carbocycles. The predicted octanol–water partition coefficient (Wildman–Crippen LogP) is 1.67. The SMILES string of the molecule is CNCC(O)c1cc(OC)cc(C(F)(F)F)c1O. The number of methoxy groups -OCH3 is 1. The lowest BCUT2D eigenvalue weighted by Gasteiger charge is -2.18. The minimum Gasteiger partial charge on any atom is -0.507 e. The van der Waals surface area contributed by atoms with E-state index in [-0.39, 0.29) is 17.9 Å². The minimum absolute atomic E-state index is 0.0119. The standard InChI is InChI=1S/C11H14F3NO3/c1-15-5-9(16)7-3-6(18-2)4-8(10(7)17)11(12,13)14/h3-4,9,15-17H,5H2,1-2H3. The maximum absolute atomic E-state index is 12.7. The van der Waals surface area contributed by atoms with Crippen LogP contribution in [0, 0.1) is 0 Å². The van der Waals surface area contributed by atoms with Crippen LogP contribution in [0.1, 0.15) is 17.2 Å². The highest BCUT2D eigenvalue weighted by Gasteiger charge is 2.36. The number of halogens is 3. The van der Waals surface area contributed by atoms with Crippen LogP contribution in [0.3, 0.4) is 0 Å². The summed E-state index contributed by atoms with van der Waals surface area (Å²) in [5, 5.41) is 21.8. The number of aliphatic hydroxyl groups excluding tert-OH is 1. The van der Waals surface area contributed by atoms with E-state index in [1.54, 1.807) is 0 Å². The smallest absolute Gasteiger partial charge is 0.420 e. The molecule has 0 aliphatic carbocycles. The molecular formula is C11H14F3NO3. The van der Waals surface area contributed by atoms with E-state index in [2.05, 4.69) is 5.32 Å². The van der Waals surface area contributed by atoms with Gasteiger partial charge in [0, 0.05) is 12.1 Å². The maximum Gasteiger partial charge on any atom is 0.420 e. The Morgan fingerprint density at radius 2 is 2.00 bits per heavy atom. The highest BCUT2D eigenvalue weighted by Crippen LogP contribution is 2.41. The third-order valence-corrected chi connectivity index (χ3v) is 2.41. The molecule has 3 N–H and O–H groups in total. The van der Waals surface area contributed by atoms with E-state index in [4.69, 9.17) is 4.74 Å². The van der Waals surface area contributed by atoms with E-state index in [9.17, 15) is 23.4 Å². The summed E-state index contributed by atoms with van der Waals surface area (Å²) >= 11 is 0. The van der Waals surface area contributed by atoms with Gasteiger partial charge in [0.1, 0.15) is 17.1 Å². The molecule has 1 unspecified atom stereocenters. The monoisotopic (exact) mass is 265 g/mol. The number of benzene rings is 1. The second-order valence-corrected chi connectivity index (χ2v) is 3.68. The fraction of sp³-hybridized carbons (Fsp3) is 0.455. The Bertz CT molecular complexity index is 421. The molecule has 7 heteroatoms. The maximum atomic E-state index is 12.7. The molecule has 0 fully saturated rings. The summed E-state index contributed by atoms with van der Waals surface area (Å²) in [6, 6.07) is 1.86. The van der Waals surface area contributed by atoms with Crippen molar-refractivity contribution >= 4 is 0 Å². The zero-order valence-electron chi connectivity index (χ0n) is 9.88. The number of phenols is 1. The Kier molecular flexibility index (Phi) is 4.42. The first-order valence-corrected chi connectivity index (χ1v) is 5.12. The molecule has 0 amide bonds. The van der Waals surface area contributed by atoms with Gasteiger partial charge in [0.05, 0.1) is 13.2 Å². The van der Waals surface area contributed by atoms with Gasteiger partial charge in [-0.3, -0.25) is 0 Å². The average molecular weight is 265 g/mol. The zero-order valence-corrected chi connectivity index (χ0v) is 9.88. The van der Waals surface area contributed by atoms with Crippen molar-refractivity contribution in [1.82, 2.24) is 5.32 Å². The number of hydrogen-bond acceptors (Lipinski definition) is 4. The van der Waals surface area contributed by atoms with Crippen LogP contribution in [0.25, 0.3) is 0 Å². The van der Waals surface area contributed by atoms with Gasteiger partial charge in [-0.25, -0.2) is 0 Å². The molecule has 0 bridgehead atoms. The van der Waals surface area contributed by atoms with Crippen molar-refractivity contribution in [2.24, 2.45) is 0 Å². The van der Waals surface area contributed by atoms with E-state index in [1.807, 2.05) is 0 Å². The number of rotatable bonds is 4. The van der Waals surface area contributed by atoms with Crippen molar-refractivity contribution in [3.05, 3.63) is 23.3 Å². The molecule has 1 aromatic carbocycles. The minimum atomic E-state index is -4.72. The molecule has 0 saturated heterocycles. The second kappa shape index (κ2) is 5.45. The van der Waals surface area contributed by atoms with Gasteiger partial charge in [-0.15, -0.1) is 0 Å². The van der Waals surface area contributed by atoms with Crippen LogP contribution in [-0.4, -0.2) is 30.9 Å². The Morgan fingerprint density at radius 1 is 1.39 bits per heavy atom. The van der Waals surface area contributed by atoms with Crippen molar-refractivity contribution < 1.29 is 28.1 Å². The van der Waals surface area contributed by atoms with Crippen LogP contribution in [0.2, 0.25) is 0 Å². The number of aromatic hydroxyl groups is 1. The second-order valence-electron chi connectivity index (χ2n) is 3.68. The molecule has 4 nitrogen and oxygen atoms in total. The van der Waals surface area contributed by atoms with E-state index in [1.165, 1.54) is 20.2 Å². The van der Waals surface area contributed by atoms with Crippen LogP contribution < -0.4 is 10.1 Å². The van der Waals surface area contributed by atoms with Gasteiger partial charge in [0.2, 0.25) is 0 Å². The van der Waals surface area contributed by atoms with Gasteiger partial charge in [-0.2, -0.15) is 13.2 Å². The molecule has 1 atom stereocenters. The molecule has 1 rings (SSSR count). The molecule has 18 heavy (non-hydrogen) atoms. The molecule has 0 aliphatic rings. The van der Waals surface area contributed by atoms with Crippen LogP contribution >= 0.6 is 0 Å². The van der Waals surface area contributed by atoms with E-state index >= 15 is 0 Å². The van der Waals surface area contributed by atoms with Crippen molar-refractivity contribution in [2.45, 2.75) is 12.3 Å². The number of aliphatic hydroxyl groups is 1. The fourth-order valence-corrected chi connectivity index (χ4v) is 1.52. The Balaban J connectivity index is 3.34. The Labute approximate surface area is 102 Å². The topological polar surface area (TPSA) is 61.7 Å². The highest BCUT2D eigenvalue weighted by molar-refractivity contribution is 5.48. The number of phenolic OH excluding ortho intramolecular Hbond substituents is 1. The average Bonchev–Trinajstić information content (AvgIpc) is 2.28. The van der Waals surface area contributed by atoms with Gasteiger partial charge < -0.3 is 20.3 Å². The first-order valence-electron chi connectivity index (χ1n) is 5.12. The molecule has 0 aromatic heterocycles. The summed E-state index contributed by atoms with van der Waals surface area (Å²) in [4.78, 5) is 0. The van der Waals surface area contributed by atoms with Gasteiger partial charge in [0.25, 0.3) is 0 Å². The molecule has 0 heterocycles. The molecular weight excluding hydrogens is 251 g/mol. The quantitative estimate of drug-likeness (QED) is 0.775. The highest BCUT2D eigenvalue weighted by atomic mass is 19.4. The van der Waals surface area contributed by atoms with Gasteiger partial charge >= 0.3 is 6.18 Å². The molecule has 0 aliphatic heterocycles. The summed E-state index contributed by atoms with van der Waals surface area (Å²) in [7, 11) is 2.74. The largest absolute Gasteiger partial charge is 0.507 e. The molecule has 102 valence electrons. The summed E-state index contributed by atoms with van der Waals surface area (Å²) in [5.74, 6) is -1.06. The number of hydrogen-bond donors (Lipinski definition) is 3. The predicted molar refractivity (Wildman–Crippen MR) is 58.5 cm³/mol. The van der Waals surface area contributed by atoms with Crippen LogP contribution in [0.5, 0.6) is 11.5 Å². The lowest BCUT2D eigenvalue weighted by Crippen LogP contribution is -2.18. The lowest BCUT2D eigenvalue weighted by atomic mass is 10.0. The summed E-state index contributed by atoms with van der Waals surface area (Å²) in [6.45, 7) is 0.0119. The van der Waals surface area contributed by atoms with Gasteiger partial charge in [-0.1, -0.05) is 0 Å². The first-order chi connectivity index (χ1) is 8.31. The van der Waals surface area contributed by atoms with Crippen molar-refractivity contribution in [1.29, 1.82) is 0 Å². The summed E-state index contributed by atoms with van der Waals surface area (Å²) in [6.07, 6.45) is -5.97. The number of nitrogens with one attached hydrogen (secondary N) is 1. The fourth-order valence-electron chi connectivity index (χ4n) is 1.52. The van der Waals surface area contributed by atoms with Crippen LogP contribution in [-0.2, 0) is 6.18 Å². The lowest BCUT2D eigenvalue weighted by molar-refractivity contribution is -0.139. The van der Waals surface area contributed by atoms with Crippen molar-refractivity contribution in [3.8, 4) is 11.5 Å². The van der Waals surface area contributed by atoms with Crippen molar-refractivity contribution in [2.75, 3.05) is 20.7 Å². The van der Waals surface area contributed by atoms with Gasteiger partial charge in [0.15, 0.2) is 0 Å². The molecule has 0 radical (unpaired) electrons. The third kappa shape index (κ3) is 3.05. The zero-order chi connectivity index (χ0) is 13.9. The van der Waals surface area contributed by atoms with Crippen LogP contribution in [0.15, 0.2) is 12.1 Å². The normalized spacial score (nSPS) is 13.4. The summed E-state index contributed by atoms with van der Waals surface area (Å²) in [5.41, 5.74) is -1.46. The Morgan fingerprint density at radius 3 is 2.44 bits per heavy atom. The van der Waals surface area contributed by atoms with E-state index in [0.717, 1.165) is 0 Å². The number of likely N-dealkylation sites (N-methyl/N-ethyl adjacent to an activating group) is 1. The number of ether oxygens (including phenoxy) is 1. The van der Waals surface area contributed by atoms with Crippen molar-refractivity contribution in [3.63, 3.8) is 0 Å². The first kappa shape index (κ1) is 14.6. The van der Waals surface area contributed by atoms with E-state index in [0.29, 0.717) is 6.07 Å².